The lowest BCUT2D eigenvalue weighted by molar-refractivity contribution is 1.04. The van der Waals surface area contributed by atoms with E-state index in [1.54, 1.807) is 0 Å². The molecule has 0 aliphatic rings. The first-order valence-electron chi connectivity index (χ1n) is 3.84. The van der Waals surface area contributed by atoms with Crippen LogP contribution in [0.25, 0.3) is 0 Å². The van der Waals surface area contributed by atoms with Crippen molar-refractivity contribution in [2.45, 2.75) is 33.6 Å². The van der Waals surface area contributed by atoms with Crippen LogP contribution in [0.15, 0.2) is 23.4 Å². The molecule has 0 unspecified atom stereocenters. The van der Waals surface area contributed by atoms with E-state index in [0.717, 1.165) is 18.5 Å². The smallest absolute Gasteiger partial charge is 0.0107 e. The van der Waals surface area contributed by atoms with Gasteiger partial charge in [-0.2, -0.15) is 0 Å². The van der Waals surface area contributed by atoms with Crippen molar-refractivity contribution in [1.82, 2.24) is 0 Å². The molecule has 0 rings (SSSR count). The molecule has 1 nitrogen and oxygen atoms in total. The molecular formula is C9H17N. The van der Waals surface area contributed by atoms with Crippen LogP contribution in [0.2, 0.25) is 0 Å². The minimum absolute atomic E-state index is 0.944. The SMILES string of the molecule is CC/C=C\C(C)=C(/N)CC. The maximum Gasteiger partial charge on any atom is 0.0107 e. The monoisotopic (exact) mass is 139 g/mol. The largest absolute Gasteiger partial charge is 0.402 e. The van der Waals surface area contributed by atoms with Crippen molar-refractivity contribution in [2.75, 3.05) is 0 Å². The van der Waals surface area contributed by atoms with Crippen LogP contribution >= 0.6 is 0 Å². The fourth-order valence-corrected chi connectivity index (χ4v) is 0.681. The van der Waals surface area contributed by atoms with Gasteiger partial charge in [0, 0.05) is 5.70 Å². The fraction of sp³-hybridized carbons (Fsp3) is 0.556. The topological polar surface area (TPSA) is 26.0 Å². The van der Waals surface area contributed by atoms with Crippen molar-refractivity contribution >= 4 is 0 Å². The minimum Gasteiger partial charge on any atom is -0.402 e. The highest BCUT2D eigenvalue weighted by Gasteiger charge is 1.88. The Bertz CT molecular complexity index is 143. The summed E-state index contributed by atoms with van der Waals surface area (Å²) in [6.45, 7) is 6.23. The Balaban J connectivity index is 4.04. The quantitative estimate of drug-likeness (QED) is 0.597. The summed E-state index contributed by atoms with van der Waals surface area (Å²) in [5, 5.41) is 0. The summed E-state index contributed by atoms with van der Waals surface area (Å²) in [5.41, 5.74) is 7.87. The number of nitrogens with two attached hydrogens (primary N) is 1. The Kier molecular flexibility index (Phi) is 4.73. The lowest BCUT2D eigenvalue weighted by atomic mass is 10.2. The summed E-state index contributed by atoms with van der Waals surface area (Å²) >= 11 is 0. The van der Waals surface area contributed by atoms with Gasteiger partial charge in [0.1, 0.15) is 0 Å². The average Bonchev–Trinajstić information content (AvgIpc) is 1.98. The predicted molar refractivity (Wildman–Crippen MR) is 46.6 cm³/mol. The predicted octanol–water partition coefficient (Wildman–Crippen LogP) is 2.60. The number of hydrogen-bond acceptors (Lipinski definition) is 1. The van der Waals surface area contributed by atoms with Crippen molar-refractivity contribution in [2.24, 2.45) is 5.73 Å². The number of allylic oxidation sites excluding steroid dienone is 4. The molecule has 0 heterocycles. The Morgan fingerprint density at radius 2 is 2.00 bits per heavy atom. The normalized spacial score (nSPS) is 13.9. The van der Waals surface area contributed by atoms with Crippen molar-refractivity contribution in [3.8, 4) is 0 Å². The molecule has 0 aromatic heterocycles. The molecule has 0 aromatic carbocycles. The maximum absolute atomic E-state index is 5.69. The molecule has 0 saturated carbocycles. The van der Waals surface area contributed by atoms with Crippen LogP contribution in [0.3, 0.4) is 0 Å². The van der Waals surface area contributed by atoms with E-state index in [-0.39, 0.29) is 0 Å². The summed E-state index contributed by atoms with van der Waals surface area (Å²) in [5.74, 6) is 0. The molecular weight excluding hydrogens is 122 g/mol. The van der Waals surface area contributed by atoms with Crippen LogP contribution in [-0.2, 0) is 0 Å². The van der Waals surface area contributed by atoms with E-state index in [0.29, 0.717) is 0 Å². The van der Waals surface area contributed by atoms with Gasteiger partial charge in [-0.05, 0) is 25.3 Å². The molecule has 0 radical (unpaired) electrons. The second-order valence-electron chi connectivity index (χ2n) is 2.37. The Labute approximate surface area is 63.6 Å². The summed E-state index contributed by atoms with van der Waals surface area (Å²) in [6, 6.07) is 0. The van der Waals surface area contributed by atoms with Gasteiger partial charge in [0.05, 0.1) is 0 Å². The number of rotatable bonds is 3. The Morgan fingerprint density at radius 1 is 1.40 bits per heavy atom. The van der Waals surface area contributed by atoms with Gasteiger partial charge >= 0.3 is 0 Å². The van der Waals surface area contributed by atoms with Gasteiger partial charge in [0.2, 0.25) is 0 Å². The molecule has 0 aliphatic carbocycles. The molecule has 0 spiro atoms. The highest BCUT2D eigenvalue weighted by molar-refractivity contribution is 5.21. The van der Waals surface area contributed by atoms with Crippen LogP contribution in [0, 0.1) is 0 Å². The summed E-state index contributed by atoms with van der Waals surface area (Å²) < 4.78 is 0. The van der Waals surface area contributed by atoms with E-state index >= 15 is 0 Å². The summed E-state index contributed by atoms with van der Waals surface area (Å²) in [6.07, 6.45) is 6.23. The zero-order chi connectivity index (χ0) is 7.98. The van der Waals surface area contributed by atoms with Gasteiger partial charge in [-0.1, -0.05) is 26.0 Å². The fourth-order valence-electron chi connectivity index (χ4n) is 0.681. The van der Waals surface area contributed by atoms with Crippen LogP contribution in [0.5, 0.6) is 0 Å². The van der Waals surface area contributed by atoms with Crippen molar-refractivity contribution in [1.29, 1.82) is 0 Å². The van der Waals surface area contributed by atoms with Crippen LogP contribution in [0.4, 0.5) is 0 Å². The molecule has 0 aliphatic heterocycles. The van der Waals surface area contributed by atoms with E-state index in [9.17, 15) is 0 Å². The zero-order valence-electron chi connectivity index (χ0n) is 7.15. The number of hydrogen-bond donors (Lipinski definition) is 1. The highest BCUT2D eigenvalue weighted by Crippen LogP contribution is 2.03. The Hall–Kier alpha value is -0.720. The molecule has 0 fully saturated rings. The Morgan fingerprint density at radius 3 is 2.40 bits per heavy atom. The lowest BCUT2D eigenvalue weighted by Gasteiger charge is -1.98. The van der Waals surface area contributed by atoms with Gasteiger partial charge in [-0.25, -0.2) is 0 Å². The lowest BCUT2D eigenvalue weighted by Crippen LogP contribution is -1.97. The molecule has 58 valence electrons. The molecule has 0 aromatic rings. The van der Waals surface area contributed by atoms with E-state index in [1.807, 2.05) is 6.92 Å². The van der Waals surface area contributed by atoms with E-state index in [2.05, 4.69) is 26.0 Å². The molecule has 0 atom stereocenters. The van der Waals surface area contributed by atoms with Crippen LogP contribution in [-0.4, -0.2) is 0 Å². The minimum atomic E-state index is 0.944. The third-order valence-corrected chi connectivity index (χ3v) is 1.49. The van der Waals surface area contributed by atoms with Crippen molar-refractivity contribution in [3.05, 3.63) is 23.4 Å². The molecule has 0 bridgehead atoms. The molecule has 0 amide bonds. The van der Waals surface area contributed by atoms with Crippen LogP contribution < -0.4 is 5.73 Å². The molecule has 1 heteroatoms. The standard InChI is InChI=1S/C9H17N/c1-4-6-7-8(3)9(10)5-2/h6-7H,4-5,10H2,1-3H3/b7-6-,9-8-. The van der Waals surface area contributed by atoms with E-state index in [4.69, 9.17) is 5.73 Å². The second kappa shape index (κ2) is 5.10. The third-order valence-electron chi connectivity index (χ3n) is 1.49. The van der Waals surface area contributed by atoms with Gasteiger partial charge in [0.15, 0.2) is 0 Å². The summed E-state index contributed by atoms with van der Waals surface area (Å²) in [4.78, 5) is 0. The maximum atomic E-state index is 5.69. The molecule has 10 heavy (non-hydrogen) atoms. The van der Waals surface area contributed by atoms with Crippen LogP contribution in [0.1, 0.15) is 33.6 Å². The summed E-state index contributed by atoms with van der Waals surface area (Å²) in [7, 11) is 0. The van der Waals surface area contributed by atoms with Gasteiger partial charge in [0.25, 0.3) is 0 Å². The van der Waals surface area contributed by atoms with Gasteiger partial charge in [-0.15, -0.1) is 0 Å². The van der Waals surface area contributed by atoms with E-state index in [1.165, 1.54) is 5.57 Å². The van der Waals surface area contributed by atoms with Gasteiger partial charge in [-0.3, -0.25) is 0 Å². The first kappa shape index (κ1) is 9.28. The zero-order valence-corrected chi connectivity index (χ0v) is 7.15. The van der Waals surface area contributed by atoms with Crippen molar-refractivity contribution in [3.63, 3.8) is 0 Å². The van der Waals surface area contributed by atoms with Gasteiger partial charge < -0.3 is 5.73 Å². The first-order chi connectivity index (χ1) is 4.72. The average molecular weight is 139 g/mol. The first-order valence-corrected chi connectivity index (χ1v) is 3.84. The molecule has 0 saturated heterocycles. The third kappa shape index (κ3) is 3.33. The van der Waals surface area contributed by atoms with E-state index < -0.39 is 0 Å². The molecule has 2 N–H and O–H groups in total. The van der Waals surface area contributed by atoms with Crippen molar-refractivity contribution < 1.29 is 0 Å². The second-order valence-corrected chi connectivity index (χ2v) is 2.37. The highest BCUT2D eigenvalue weighted by atomic mass is 14.6.